The molecule has 5 nitrogen and oxygen atoms in total. The first-order valence-electron chi connectivity index (χ1n) is 13.4. The van der Waals surface area contributed by atoms with Crippen LogP contribution >= 0.6 is 0 Å². The molecule has 0 radical (unpaired) electrons. The van der Waals surface area contributed by atoms with E-state index < -0.39 is 18.1 Å². The highest BCUT2D eigenvalue weighted by Crippen LogP contribution is 2.30. The molecule has 5 heteroatoms. The summed E-state index contributed by atoms with van der Waals surface area (Å²) in [5.74, 6) is 0.185. The Balaban J connectivity index is 1.51. The Bertz CT molecular complexity index is 995. The fourth-order valence-corrected chi connectivity index (χ4v) is 5.62. The van der Waals surface area contributed by atoms with Gasteiger partial charge in [0.2, 0.25) is 5.91 Å². The van der Waals surface area contributed by atoms with Gasteiger partial charge in [0.05, 0.1) is 12.6 Å². The Hall–Kier alpha value is -2.66. The number of hydrogen-bond donors (Lipinski definition) is 2. The molecule has 1 saturated carbocycles. The molecule has 1 heterocycles. The third kappa shape index (κ3) is 6.52. The summed E-state index contributed by atoms with van der Waals surface area (Å²) in [6.07, 6.45) is 9.04. The Kier molecular flexibility index (Phi) is 8.61. The number of carbonyl (C=O) groups excluding carboxylic acids is 1. The van der Waals surface area contributed by atoms with E-state index in [9.17, 15) is 14.7 Å². The standard InChI is InChI=1S/C30H40N2O3/c1-21(2)24-15-12-23(13-16-24)20-32-28-11-7-6-10-25(28)17-19-26(29(32)33)31-27(30(34)35)18-14-22-8-4-3-5-9-22/h6-7,10-13,15-16,21-22,26-27,31H,3-5,8-9,14,17-20H2,1-2H3,(H,34,35)/t26?,27-/m0/s1. The van der Waals surface area contributed by atoms with E-state index in [0.29, 0.717) is 31.2 Å². The van der Waals surface area contributed by atoms with E-state index in [1.54, 1.807) is 0 Å². The number of nitrogens with one attached hydrogen (secondary N) is 1. The summed E-state index contributed by atoms with van der Waals surface area (Å²) in [6.45, 7) is 4.83. The number of aryl methyl sites for hydroxylation is 1. The lowest BCUT2D eigenvalue weighted by atomic mass is 9.85. The number of benzene rings is 2. The molecule has 188 valence electrons. The van der Waals surface area contributed by atoms with Crippen molar-refractivity contribution >= 4 is 17.6 Å². The molecule has 0 bridgehead atoms. The molecule has 1 fully saturated rings. The molecule has 4 rings (SSSR count). The summed E-state index contributed by atoms with van der Waals surface area (Å²) in [5.41, 5.74) is 4.42. The number of nitrogens with zero attached hydrogens (tertiary/aromatic N) is 1. The average Bonchev–Trinajstić information content (AvgIpc) is 2.99. The summed E-state index contributed by atoms with van der Waals surface area (Å²) in [7, 11) is 0. The maximum Gasteiger partial charge on any atom is 0.320 e. The molecule has 1 unspecified atom stereocenters. The number of amides is 1. The molecular formula is C30H40N2O3. The van der Waals surface area contributed by atoms with E-state index >= 15 is 0 Å². The molecule has 2 aromatic carbocycles. The predicted molar refractivity (Wildman–Crippen MR) is 141 cm³/mol. The van der Waals surface area contributed by atoms with E-state index in [4.69, 9.17) is 0 Å². The van der Waals surface area contributed by atoms with Gasteiger partial charge in [-0.3, -0.25) is 14.9 Å². The van der Waals surface area contributed by atoms with Gasteiger partial charge in [0, 0.05) is 5.69 Å². The molecule has 1 aliphatic heterocycles. The van der Waals surface area contributed by atoms with Gasteiger partial charge >= 0.3 is 5.97 Å². The molecule has 1 aliphatic carbocycles. The predicted octanol–water partition coefficient (Wildman–Crippen LogP) is 6.06. The van der Waals surface area contributed by atoms with Crippen molar-refractivity contribution in [1.29, 1.82) is 0 Å². The van der Waals surface area contributed by atoms with Gasteiger partial charge in [-0.15, -0.1) is 0 Å². The molecule has 0 spiro atoms. The third-order valence-electron chi connectivity index (χ3n) is 7.82. The van der Waals surface area contributed by atoms with Crippen molar-refractivity contribution in [1.82, 2.24) is 5.32 Å². The van der Waals surface area contributed by atoms with E-state index in [-0.39, 0.29) is 5.91 Å². The number of anilines is 1. The minimum atomic E-state index is -0.855. The number of hydrogen-bond acceptors (Lipinski definition) is 3. The summed E-state index contributed by atoms with van der Waals surface area (Å²) in [5, 5.41) is 13.2. The van der Waals surface area contributed by atoms with Gasteiger partial charge in [-0.1, -0.05) is 88.4 Å². The normalized spacial score (nSPS) is 19.9. The fraction of sp³-hybridized carbons (Fsp3) is 0.533. The highest BCUT2D eigenvalue weighted by atomic mass is 16.4. The molecular weight excluding hydrogens is 436 g/mol. The summed E-state index contributed by atoms with van der Waals surface area (Å²) >= 11 is 0. The second-order valence-corrected chi connectivity index (χ2v) is 10.7. The van der Waals surface area contributed by atoms with Gasteiger partial charge in [0.15, 0.2) is 0 Å². The zero-order chi connectivity index (χ0) is 24.8. The van der Waals surface area contributed by atoms with E-state index in [0.717, 1.165) is 29.7 Å². The summed E-state index contributed by atoms with van der Waals surface area (Å²) in [6, 6.07) is 15.3. The first-order chi connectivity index (χ1) is 16.9. The van der Waals surface area contributed by atoms with Crippen LogP contribution in [0, 0.1) is 5.92 Å². The van der Waals surface area contributed by atoms with Crippen molar-refractivity contribution in [3.8, 4) is 0 Å². The first kappa shape index (κ1) is 25.4. The minimum absolute atomic E-state index is 0.0354. The number of rotatable bonds is 9. The minimum Gasteiger partial charge on any atom is -0.480 e. The Morgan fingerprint density at radius 3 is 2.43 bits per heavy atom. The van der Waals surface area contributed by atoms with Crippen molar-refractivity contribution in [3.05, 3.63) is 65.2 Å². The SMILES string of the molecule is CC(C)c1ccc(CN2C(=O)C(N[C@@H](CCC3CCCCC3)C(=O)O)CCc3ccccc32)cc1. The Morgan fingerprint density at radius 1 is 1.03 bits per heavy atom. The van der Waals surface area contributed by atoms with Crippen LogP contribution in [0.4, 0.5) is 5.69 Å². The molecule has 35 heavy (non-hydrogen) atoms. The summed E-state index contributed by atoms with van der Waals surface area (Å²) < 4.78 is 0. The van der Waals surface area contributed by atoms with E-state index in [2.05, 4.69) is 49.5 Å². The molecule has 0 saturated heterocycles. The zero-order valence-corrected chi connectivity index (χ0v) is 21.2. The largest absolute Gasteiger partial charge is 0.480 e. The molecule has 2 N–H and O–H groups in total. The number of carbonyl (C=O) groups is 2. The highest BCUT2D eigenvalue weighted by Gasteiger charge is 2.33. The number of aliphatic carboxylic acids is 1. The van der Waals surface area contributed by atoms with Gasteiger partial charge in [-0.05, 0) is 60.3 Å². The third-order valence-corrected chi connectivity index (χ3v) is 7.82. The second kappa shape index (κ2) is 11.9. The first-order valence-corrected chi connectivity index (χ1v) is 13.4. The second-order valence-electron chi connectivity index (χ2n) is 10.7. The Morgan fingerprint density at radius 2 is 1.74 bits per heavy atom. The van der Waals surface area contributed by atoms with Crippen LogP contribution in [-0.2, 0) is 22.6 Å². The quantitative estimate of drug-likeness (QED) is 0.461. The molecule has 1 amide bonds. The van der Waals surface area contributed by atoms with Crippen molar-refractivity contribution < 1.29 is 14.7 Å². The van der Waals surface area contributed by atoms with Crippen LogP contribution in [-0.4, -0.2) is 29.1 Å². The number of para-hydroxylation sites is 1. The highest BCUT2D eigenvalue weighted by molar-refractivity contribution is 5.98. The van der Waals surface area contributed by atoms with Crippen molar-refractivity contribution in [2.45, 2.75) is 96.2 Å². The van der Waals surface area contributed by atoms with Crippen LogP contribution in [0.1, 0.15) is 87.8 Å². The van der Waals surface area contributed by atoms with Crippen molar-refractivity contribution in [2.24, 2.45) is 5.92 Å². The number of carboxylic acid groups (broad SMARTS) is 1. The summed E-state index contributed by atoms with van der Waals surface area (Å²) in [4.78, 5) is 27.8. The average molecular weight is 477 g/mol. The van der Waals surface area contributed by atoms with Crippen LogP contribution in [0.25, 0.3) is 0 Å². The molecule has 0 aromatic heterocycles. The lowest BCUT2D eigenvalue weighted by molar-refractivity contribution is -0.140. The maximum absolute atomic E-state index is 13.8. The molecule has 2 aliphatic rings. The van der Waals surface area contributed by atoms with Crippen LogP contribution in [0.3, 0.4) is 0 Å². The van der Waals surface area contributed by atoms with Gasteiger partial charge in [0.25, 0.3) is 0 Å². The van der Waals surface area contributed by atoms with Gasteiger partial charge in [-0.25, -0.2) is 0 Å². The number of fused-ring (bicyclic) bond motifs is 1. The lowest BCUT2D eigenvalue weighted by Crippen LogP contribution is -2.51. The lowest BCUT2D eigenvalue weighted by Gasteiger charge is -2.29. The van der Waals surface area contributed by atoms with Crippen molar-refractivity contribution in [3.63, 3.8) is 0 Å². The number of carboxylic acids is 1. The van der Waals surface area contributed by atoms with E-state index in [1.165, 1.54) is 37.7 Å². The maximum atomic E-state index is 13.8. The van der Waals surface area contributed by atoms with Crippen LogP contribution in [0.5, 0.6) is 0 Å². The topological polar surface area (TPSA) is 69.6 Å². The van der Waals surface area contributed by atoms with Gasteiger partial charge < -0.3 is 10.0 Å². The van der Waals surface area contributed by atoms with Gasteiger partial charge in [0.1, 0.15) is 6.04 Å². The van der Waals surface area contributed by atoms with Crippen LogP contribution in [0.15, 0.2) is 48.5 Å². The van der Waals surface area contributed by atoms with Crippen molar-refractivity contribution in [2.75, 3.05) is 4.90 Å². The smallest absolute Gasteiger partial charge is 0.320 e. The fourth-order valence-electron chi connectivity index (χ4n) is 5.62. The zero-order valence-electron chi connectivity index (χ0n) is 21.2. The molecule has 2 aromatic rings. The molecule has 2 atom stereocenters. The van der Waals surface area contributed by atoms with Crippen LogP contribution in [0.2, 0.25) is 0 Å². The van der Waals surface area contributed by atoms with Gasteiger partial charge in [-0.2, -0.15) is 0 Å². The Labute approximate surface area is 209 Å². The van der Waals surface area contributed by atoms with E-state index in [1.807, 2.05) is 23.1 Å². The monoisotopic (exact) mass is 476 g/mol. The van der Waals surface area contributed by atoms with Crippen LogP contribution < -0.4 is 10.2 Å².